The average molecular weight is 292 g/mol. The zero-order valence-corrected chi connectivity index (χ0v) is 11.3. The van der Waals surface area contributed by atoms with Crippen LogP contribution >= 0.6 is 0 Å². The Hall–Kier alpha value is -2.63. The highest BCUT2D eigenvalue weighted by Crippen LogP contribution is 2.28. The van der Waals surface area contributed by atoms with E-state index in [0.29, 0.717) is 12.2 Å². The first-order valence-electron chi connectivity index (χ1n) is 6.17. The highest BCUT2D eigenvalue weighted by atomic mass is 19.1. The molecule has 0 atom stereocenters. The zero-order valence-electron chi connectivity index (χ0n) is 11.3. The van der Waals surface area contributed by atoms with Crippen LogP contribution in [0.1, 0.15) is 15.9 Å². The molecule has 2 aromatic carbocycles. The van der Waals surface area contributed by atoms with E-state index in [9.17, 15) is 18.7 Å². The third kappa shape index (κ3) is 3.10. The van der Waals surface area contributed by atoms with Gasteiger partial charge in [-0.1, -0.05) is 12.1 Å². The lowest BCUT2D eigenvalue weighted by atomic mass is 10.1. The predicted octanol–water partition coefficient (Wildman–Crippen LogP) is 2.88. The van der Waals surface area contributed by atoms with Gasteiger partial charge in [0.05, 0.1) is 11.4 Å². The van der Waals surface area contributed by atoms with Gasteiger partial charge in [-0.25, -0.2) is 13.6 Å². The van der Waals surface area contributed by atoms with Crippen LogP contribution in [-0.4, -0.2) is 18.1 Å². The van der Waals surface area contributed by atoms with Crippen LogP contribution in [0.15, 0.2) is 36.4 Å². The van der Waals surface area contributed by atoms with Crippen molar-refractivity contribution in [1.82, 2.24) is 0 Å². The minimum atomic E-state index is -1.30. The fourth-order valence-corrected chi connectivity index (χ4v) is 2.07. The van der Waals surface area contributed by atoms with Crippen LogP contribution in [0, 0.1) is 11.6 Å². The molecule has 2 aromatic rings. The van der Waals surface area contributed by atoms with Crippen molar-refractivity contribution in [2.45, 2.75) is 6.54 Å². The number of halogens is 2. The Balaban J connectivity index is 2.35. The molecule has 0 radical (unpaired) electrons. The number of carboxylic acid groups (broad SMARTS) is 1. The molecular weight excluding hydrogens is 278 g/mol. The van der Waals surface area contributed by atoms with E-state index >= 15 is 0 Å². The van der Waals surface area contributed by atoms with E-state index in [1.54, 1.807) is 24.1 Å². The third-order valence-electron chi connectivity index (χ3n) is 3.13. The topological polar surface area (TPSA) is 66.6 Å². The van der Waals surface area contributed by atoms with Crippen molar-refractivity contribution in [2.75, 3.05) is 17.7 Å². The number of carbonyl (C=O) groups is 1. The molecule has 21 heavy (non-hydrogen) atoms. The summed E-state index contributed by atoms with van der Waals surface area (Å²) in [7, 11) is 1.66. The standard InChI is InChI=1S/C15H14F2N2O2/c1-19(8-9-2-4-10(16)5-3-9)12-7-6-11(17)14(18)13(12)15(20)21/h2-7H,8,18H2,1H3,(H,20,21). The first-order valence-corrected chi connectivity index (χ1v) is 6.17. The van der Waals surface area contributed by atoms with Crippen LogP contribution in [0.5, 0.6) is 0 Å². The van der Waals surface area contributed by atoms with Crippen LogP contribution in [0.4, 0.5) is 20.2 Å². The van der Waals surface area contributed by atoms with E-state index in [2.05, 4.69) is 0 Å². The molecule has 0 unspecified atom stereocenters. The van der Waals surface area contributed by atoms with Gasteiger partial charge in [0.1, 0.15) is 17.2 Å². The number of rotatable bonds is 4. The van der Waals surface area contributed by atoms with Crippen molar-refractivity contribution in [3.05, 3.63) is 59.2 Å². The van der Waals surface area contributed by atoms with Crippen molar-refractivity contribution in [3.63, 3.8) is 0 Å². The van der Waals surface area contributed by atoms with E-state index < -0.39 is 17.5 Å². The average Bonchev–Trinajstić information content (AvgIpc) is 2.43. The van der Waals surface area contributed by atoms with Crippen molar-refractivity contribution in [3.8, 4) is 0 Å². The number of nitrogens with zero attached hydrogens (tertiary/aromatic N) is 1. The maximum absolute atomic E-state index is 13.4. The van der Waals surface area contributed by atoms with Gasteiger partial charge in [0.2, 0.25) is 0 Å². The van der Waals surface area contributed by atoms with Gasteiger partial charge in [-0.2, -0.15) is 0 Å². The number of anilines is 2. The minimum Gasteiger partial charge on any atom is -0.478 e. The van der Waals surface area contributed by atoms with Crippen LogP contribution < -0.4 is 10.6 Å². The monoisotopic (exact) mass is 292 g/mol. The summed E-state index contributed by atoms with van der Waals surface area (Å²) >= 11 is 0. The number of nitrogens with two attached hydrogens (primary N) is 1. The van der Waals surface area contributed by atoms with Crippen molar-refractivity contribution in [2.24, 2.45) is 0 Å². The van der Waals surface area contributed by atoms with E-state index in [-0.39, 0.29) is 11.4 Å². The summed E-state index contributed by atoms with van der Waals surface area (Å²) in [5.41, 5.74) is 5.91. The number of carboxylic acids is 1. The van der Waals surface area contributed by atoms with Gasteiger partial charge in [0.25, 0.3) is 0 Å². The fraction of sp³-hybridized carbons (Fsp3) is 0.133. The molecule has 0 aliphatic carbocycles. The Kier molecular flexibility index (Phi) is 4.07. The SMILES string of the molecule is CN(Cc1ccc(F)cc1)c1ccc(F)c(N)c1C(=O)O. The van der Waals surface area contributed by atoms with Crippen LogP contribution in [0.3, 0.4) is 0 Å². The Morgan fingerprint density at radius 1 is 1.19 bits per heavy atom. The summed E-state index contributed by atoms with van der Waals surface area (Å²) in [6.07, 6.45) is 0. The molecule has 0 saturated heterocycles. The molecule has 0 aliphatic rings. The summed E-state index contributed by atoms with van der Waals surface area (Å²) in [5.74, 6) is -2.42. The normalized spacial score (nSPS) is 10.4. The Labute approximate surface area is 120 Å². The predicted molar refractivity (Wildman–Crippen MR) is 76.3 cm³/mol. The second-order valence-corrected chi connectivity index (χ2v) is 4.64. The fourth-order valence-electron chi connectivity index (χ4n) is 2.07. The summed E-state index contributed by atoms with van der Waals surface area (Å²) in [6, 6.07) is 8.32. The molecule has 6 heteroatoms. The quantitative estimate of drug-likeness (QED) is 0.850. The first-order chi connectivity index (χ1) is 9.90. The molecule has 0 spiro atoms. The van der Waals surface area contributed by atoms with Crippen LogP contribution in [0.2, 0.25) is 0 Å². The molecule has 0 aromatic heterocycles. The smallest absolute Gasteiger partial charge is 0.340 e. The summed E-state index contributed by atoms with van der Waals surface area (Å²) in [6.45, 7) is 0.339. The van der Waals surface area contributed by atoms with Gasteiger partial charge in [-0.3, -0.25) is 0 Å². The Bertz CT molecular complexity index is 672. The second-order valence-electron chi connectivity index (χ2n) is 4.64. The maximum Gasteiger partial charge on any atom is 0.340 e. The van der Waals surface area contributed by atoms with Gasteiger partial charge < -0.3 is 15.7 Å². The Morgan fingerprint density at radius 3 is 2.38 bits per heavy atom. The molecule has 2 rings (SSSR count). The molecule has 0 saturated carbocycles. The lowest BCUT2D eigenvalue weighted by molar-refractivity contribution is 0.0698. The molecule has 0 heterocycles. The maximum atomic E-state index is 13.4. The van der Waals surface area contributed by atoms with Crippen LogP contribution in [-0.2, 0) is 6.54 Å². The van der Waals surface area contributed by atoms with Crippen molar-refractivity contribution < 1.29 is 18.7 Å². The first kappa shape index (κ1) is 14.8. The second kappa shape index (κ2) is 5.78. The molecule has 0 aliphatic heterocycles. The number of nitrogen functional groups attached to an aromatic ring is 1. The summed E-state index contributed by atoms with van der Waals surface area (Å²) < 4.78 is 26.3. The van der Waals surface area contributed by atoms with Crippen molar-refractivity contribution in [1.29, 1.82) is 0 Å². The third-order valence-corrected chi connectivity index (χ3v) is 3.13. The molecule has 3 N–H and O–H groups in total. The molecule has 110 valence electrons. The number of hydrogen-bond donors (Lipinski definition) is 2. The number of hydrogen-bond acceptors (Lipinski definition) is 3. The molecule has 4 nitrogen and oxygen atoms in total. The number of benzene rings is 2. The lowest BCUT2D eigenvalue weighted by Gasteiger charge is -2.22. The van der Waals surface area contributed by atoms with E-state index in [0.717, 1.165) is 11.6 Å². The largest absolute Gasteiger partial charge is 0.478 e. The molecule has 0 amide bonds. The van der Waals surface area contributed by atoms with Gasteiger partial charge in [0, 0.05) is 13.6 Å². The van der Waals surface area contributed by atoms with E-state index in [1.165, 1.54) is 18.2 Å². The molecule has 0 fully saturated rings. The zero-order chi connectivity index (χ0) is 15.6. The Morgan fingerprint density at radius 2 is 1.81 bits per heavy atom. The highest BCUT2D eigenvalue weighted by Gasteiger charge is 2.20. The molecular formula is C15H14F2N2O2. The van der Waals surface area contributed by atoms with Gasteiger partial charge >= 0.3 is 5.97 Å². The molecule has 0 bridgehead atoms. The summed E-state index contributed by atoms with van der Waals surface area (Å²) in [5, 5.41) is 9.20. The van der Waals surface area contributed by atoms with Gasteiger partial charge in [0.15, 0.2) is 0 Å². The van der Waals surface area contributed by atoms with E-state index in [1.807, 2.05) is 0 Å². The van der Waals surface area contributed by atoms with Crippen LogP contribution in [0.25, 0.3) is 0 Å². The van der Waals surface area contributed by atoms with Gasteiger partial charge in [-0.15, -0.1) is 0 Å². The van der Waals surface area contributed by atoms with Crippen molar-refractivity contribution >= 4 is 17.3 Å². The lowest BCUT2D eigenvalue weighted by Crippen LogP contribution is -2.20. The minimum absolute atomic E-state index is 0.278. The highest BCUT2D eigenvalue weighted by molar-refractivity contribution is 6.00. The number of aromatic carboxylic acids is 1. The van der Waals surface area contributed by atoms with Gasteiger partial charge in [-0.05, 0) is 29.8 Å². The summed E-state index contributed by atoms with van der Waals surface area (Å²) in [4.78, 5) is 12.9. The van der Waals surface area contributed by atoms with E-state index in [4.69, 9.17) is 5.73 Å².